The molecule has 162 valence electrons. The van der Waals surface area contributed by atoms with Gasteiger partial charge in [0, 0.05) is 30.8 Å². The number of fused-ring (bicyclic) bond motifs is 1. The number of likely N-dealkylation sites (tertiary alicyclic amines) is 1. The van der Waals surface area contributed by atoms with Gasteiger partial charge in [0.15, 0.2) is 5.78 Å². The maximum absolute atomic E-state index is 12.9. The van der Waals surface area contributed by atoms with Gasteiger partial charge in [-0.05, 0) is 25.0 Å². The van der Waals surface area contributed by atoms with Crippen LogP contribution in [0.5, 0.6) is 0 Å². The van der Waals surface area contributed by atoms with E-state index in [0.29, 0.717) is 0 Å². The molecule has 0 spiro atoms. The van der Waals surface area contributed by atoms with Crippen LogP contribution in [-0.4, -0.2) is 70.5 Å². The number of carbonyl (C=O) groups is 4. The Bertz CT molecular complexity index is 992. The van der Waals surface area contributed by atoms with Crippen molar-refractivity contribution in [1.82, 2.24) is 14.2 Å². The molecule has 2 saturated heterocycles. The van der Waals surface area contributed by atoms with Crippen LogP contribution in [0.2, 0.25) is 0 Å². The molecule has 3 heterocycles. The molecule has 3 rings (SSSR count). The van der Waals surface area contributed by atoms with E-state index in [4.69, 9.17) is 5.73 Å². The SMILES string of the molecule is CC(C)(CCC(=O)N1CCC2C1C(=O)CN2S(=O)(=O)C(=O)c1cccnc1)C(N)=O. The standard InChI is InChI=1S/C19H24N4O6S/c1-19(2,18(20)27)7-5-15(25)22-9-6-13-16(22)14(24)11-23(13)30(28,29)17(26)12-4-3-8-21-10-12/h3-4,8,10,13,16H,5-7,9,11H2,1-2H3,(H2,20,27). The van der Waals surface area contributed by atoms with Gasteiger partial charge in [-0.15, -0.1) is 0 Å². The molecule has 0 radical (unpaired) electrons. The van der Waals surface area contributed by atoms with Crippen LogP contribution in [-0.2, 0) is 24.4 Å². The molecular weight excluding hydrogens is 412 g/mol. The second kappa shape index (κ2) is 7.88. The zero-order chi connectivity index (χ0) is 22.3. The summed E-state index contributed by atoms with van der Waals surface area (Å²) in [6, 6.07) is 1.08. The summed E-state index contributed by atoms with van der Waals surface area (Å²) >= 11 is 0. The molecule has 2 aliphatic rings. The minimum atomic E-state index is -4.44. The van der Waals surface area contributed by atoms with E-state index in [1.165, 1.54) is 23.2 Å². The highest BCUT2D eigenvalue weighted by Crippen LogP contribution is 2.34. The predicted molar refractivity (Wildman–Crippen MR) is 105 cm³/mol. The van der Waals surface area contributed by atoms with E-state index in [9.17, 15) is 27.6 Å². The minimum absolute atomic E-state index is 0.00774. The summed E-state index contributed by atoms with van der Waals surface area (Å²) in [6.45, 7) is 3.01. The number of aromatic nitrogens is 1. The van der Waals surface area contributed by atoms with Crippen molar-refractivity contribution in [1.29, 1.82) is 0 Å². The summed E-state index contributed by atoms with van der Waals surface area (Å²) in [6.07, 6.45) is 3.04. The van der Waals surface area contributed by atoms with Gasteiger partial charge in [0.25, 0.3) is 15.1 Å². The van der Waals surface area contributed by atoms with E-state index < -0.39 is 50.9 Å². The van der Waals surface area contributed by atoms with E-state index in [1.807, 2.05) is 0 Å². The molecule has 0 bridgehead atoms. The molecule has 10 nitrogen and oxygen atoms in total. The molecule has 2 atom stereocenters. The number of primary amides is 1. The lowest BCUT2D eigenvalue weighted by Crippen LogP contribution is -2.45. The Morgan fingerprint density at radius 1 is 1.30 bits per heavy atom. The average molecular weight is 436 g/mol. The number of Topliss-reactive ketones (excluding diaryl/α,β-unsaturated/α-hetero) is 1. The van der Waals surface area contributed by atoms with Gasteiger partial charge < -0.3 is 10.6 Å². The van der Waals surface area contributed by atoms with Gasteiger partial charge in [-0.3, -0.25) is 24.2 Å². The highest BCUT2D eigenvalue weighted by atomic mass is 32.2. The van der Waals surface area contributed by atoms with Crippen molar-refractivity contribution in [2.45, 2.75) is 45.2 Å². The van der Waals surface area contributed by atoms with E-state index in [1.54, 1.807) is 13.8 Å². The lowest BCUT2D eigenvalue weighted by Gasteiger charge is -2.25. The van der Waals surface area contributed by atoms with Crippen molar-refractivity contribution < 1.29 is 27.6 Å². The number of carbonyl (C=O) groups excluding carboxylic acids is 4. The second-order valence-corrected chi connectivity index (χ2v) is 9.97. The Morgan fingerprint density at radius 2 is 2.00 bits per heavy atom. The van der Waals surface area contributed by atoms with Crippen LogP contribution in [0.25, 0.3) is 0 Å². The topological polar surface area (TPSA) is 148 Å². The van der Waals surface area contributed by atoms with Crippen LogP contribution in [0, 0.1) is 5.41 Å². The Labute approximate surface area is 174 Å². The van der Waals surface area contributed by atoms with Gasteiger partial charge in [-0.25, -0.2) is 8.42 Å². The van der Waals surface area contributed by atoms with Crippen molar-refractivity contribution in [2.75, 3.05) is 13.1 Å². The lowest BCUT2D eigenvalue weighted by molar-refractivity contribution is -0.137. The Hall–Kier alpha value is -2.66. The van der Waals surface area contributed by atoms with E-state index in [0.717, 1.165) is 10.5 Å². The normalized spacial score (nSPS) is 22.2. The first-order chi connectivity index (χ1) is 14.0. The predicted octanol–water partition coefficient (Wildman–Crippen LogP) is -0.302. The molecule has 2 N–H and O–H groups in total. The summed E-state index contributed by atoms with van der Waals surface area (Å²) in [5.41, 5.74) is 4.37. The number of hydrogen-bond acceptors (Lipinski definition) is 7. The van der Waals surface area contributed by atoms with E-state index >= 15 is 0 Å². The number of rotatable bonds is 6. The molecule has 2 unspecified atom stereocenters. The van der Waals surface area contributed by atoms with Crippen molar-refractivity contribution in [3.8, 4) is 0 Å². The number of amides is 2. The minimum Gasteiger partial charge on any atom is -0.369 e. The maximum Gasteiger partial charge on any atom is 0.293 e. The monoisotopic (exact) mass is 436 g/mol. The Kier molecular flexibility index (Phi) is 5.79. The molecule has 0 aromatic carbocycles. The van der Waals surface area contributed by atoms with Gasteiger partial charge in [0.2, 0.25) is 11.8 Å². The number of nitrogens with two attached hydrogens (primary N) is 1. The fourth-order valence-electron chi connectivity index (χ4n) is 3.80. The summed E-state index contributed by atoms with van der Waals surface area (Å²) in [7, 11) is -4.44. The molecule has 2 amide bonds. The highest BCUT2D eigenvalue weighted by Gasteiger charge is 2.54. The van der Waals surface area contributed by atoms with Crippen LogP contribution in [0.3, 0.4) is 0 Å². The Balaban J connectivity index is 1.76. The molecule has 0 saturated carbocycles. The first-order valence-electron chi connectivity index (χ1n) is 9.55. The third-order valence-corrected chi connectivity index (χ3v) is 7.49. The third kappa shape index (κ3) is 3.86. The molecular formula is C19H24N4O6S. The fourth-order valence-corrected chi connectivity index (χ4v) is 5.30. The van der Waals surface area contributed by atoms with Crippen molar-refractivity contribution in [2.24, 2.45) is 11.1 Å². The van der Waals surface area contributed by atoms with Gasteiger partial charge in [0.05, 0.1) is 18.2 Å². The first kappa shape index (κ1) is 22.0. The van der Waals surface area contributed by atoms with Crippen LogP contribution < -0.4 is 5.73 Å². The molecule has 0 aliphatic carbocycles. The number of nitrogens with zero attached hydrogens (tertiary/aromatic N) is 3. The smallest absolute Gasteiger partial charge is 0.293 e. The van der Waals surface area contributed by atoms with Crippen LogP contribution in [0.1, 0.15) is 43.5 Å². The van der Waals surface area contributed by atoms with Crippen molar-refractivity contribution >= 4 is 32.7 Å². The summed E-state index contributed by atoms with van der Waals surface area (Å²) < 4.78 is 26.6. The first-order valence-corrected chi connectivity index (χ1v) is 11.0. The largest absolute Gasteiger partial charge is 0.369 e. The summed E-state index contributed by atoms with van der Waals surface area (Å²) in [5, 5.41) is -1.13. The molecule has 2 aliphatic heterocycles. The fraction of sp³-hybridized carbons (Fsp3) is 0.526. The Morgan fingerprint density at radius 3 is 2.60 bits per heavy atom. The van der Waals surface area contributed by atoms with Crippen LogP contribution in [0.4, 0.5) is 0 Å². The molecule has 30 heavy (non-hydrogen) atoms. The zero-order valence-electron chi connectivity index (χ0n) is 16.8. The van der Waals surface area contributed by atoms with E-state index in [2.05, 4.69) is 4.98 Å². The summed E-state index contributed by atoms with van der Waals surface area (Å²) in [4.78, 5) is 54.4. The molecule has 11 heteroatoms. The zero-order valence-corrected chi connectivity index (χ0v) is 17.6. The van der Waals surface area contributed by atoms with Gasteiger partial charge in [-0.2, -0.15) is 4.31 Å². The number of pyridine rings is 1. The second-order valence-electron chi connectivity index (χ2n) is 8.18. The van der Waals surface area contributed by atoms with Crippen molar-refractivity contribution in [3.63, 3.8) is 0 Å². The van der Waals surface area contributed by atoms with Crippen LogP contribution in [0.15, 0.2) is 24.5 Å². The quantitative estimate of drug-likeness (QED) is 0.643. The molecule has 2 fully saturated rings. The number of sulfonamides is 1. The van der Waals surface area contributed by atoms with Crippen LogP contribution >= 0.6 is 0 Å². The maximum atomic E-state index is 12.9. The van der Waals surface area contributed by atoms with Crippen molar-refractivity contribution in [3.05, 3.63) is 30.1 Å². The number of ketones is 1. The summed E-state index contributed by atoms with van der Waals surface area (Å²) in [5.74, 6) is -1.30. The molecule has 1 aromatic heterocycles. The highest BCUT2D eigenvalue weighted by molar-refractivity contribution is 8.04. The van der Waals surface area contributed by atoms with Gasteiger partial charge >= 0.3 is 0 Å². The average Bonchev–Trinajstić information content (AvgIpc) is 3.27. The third-order valence-electron chi connectivity index (χ3n) is 5.77. The van der Waals surface area contributed by atoms with Gasteiger partial charge in [-0.1, -0.05) is 13.8 Å². The van der Waals surface area contributed by atoms with E-state index in [-0.39, 0.29) is 37.3 Å². The molecule has 1 aromatic rings. The van der Waals surface area contributed by atoms with Gasteiger partial charge in [0.1, 0.15) is 6.04 Å². The number of hydrogen-bond donors (Lipinski definition) is 1. The lowest BCUT2D eigenvalue weighted by atomic mass is 9.87.